The molecule has 1 aromatic heterocycles. The number of amides is 1. The van der Waals surface area contributed by atoms with Gasteiger partial charge in [-0.3, -0.25) is 4.79 Å². The lowest BCUT2D eigenvalue weighted by Crippen LogP contribution is -2.32. The van der Waals surface area contributed by atoms with Gasteiger partial charge in [0.1, 0.15) is 12.3 Å². The van der Waals surface area contributed by atoms with Crippen molar-refractivity contribution in [3.63, 3.8) is 0 Å². The number of methoxy groups -OCH3 is 1. The van der Waals surface area contributed by atoms with Crippen molar-refractivity contribution in [2.45, 2.75) is 32.9 Å². The standard InChI is InChI=1S/C26H26ClN5O6/c1-4-37-25(34)23-24(26(35)38-5-2)31(30-28-23)15-22(33)32-21(17-8-12-19(36-3)13-9-17)14-20(29-32)16-6-10-18(27)11-7-16/h6-13,21H,4-5,14-15H2,1-3H3/t21-/m0/s1. The average molecular weight is 540 g/mol. The summed E-state index contributed by atoms with van der Waals surface area (Å²) in [5.74, 6) is -1.47. The van der Waals surface area contributed by atoms with Crippen LogP contribution in [0.15, 0.2) is 53.6 Å². The van der Waals surface area contributed by atoms with Gasteiger partial charge in [-0.25, -0.2) is 19.3 Å². The minimum absolute atomic E-state index is 0.0562. The first-order valence-electron chi connectivity index (χ1n) is 11.9. The van der Waals surface area contributed by atoms with E-state index in [9.17, 15) is 14.4 Å². The van der Waals surface area contributed by atoms with E-state index in [2.05, 4.69) is 15.4 Å². The van der Waals surface area contributed by atoms with Crippen LogP contribution in [0.4, 0.5) is 0 Å². The lowest BCUT2D eigenvalue weighted by atomic mass is 9.98. The predicted octanol–water partition coefficient (Wildman–Crippen LogP) is 3.67. The Bertz CT molecular complexity index is 1350. The van der Waals surface area contributed by atoms with Crippen LogP contribution in [0, 0.1) is 0 Å². The van der Waals surface area contributed by atoms with Gasteiger partial charge in [0.25, 0.3) is 5.91 Å². The zero-order valence-corrected chi connectivity index (χ0v) is 21.8. The van der Waals surface area contributed by atoms with Gasteiger partial charge in [0.2, 0.25) is 5.69 Å². The molecule has 11 nitrogen and oxygen atoms in total. The molecule has 0 bridgehead atoms. The summed E-state index contributed by atoms with van der Waals surface area (Å²) in [6, 6.07) is 14.1. The van der Waals surface area contributed by atoms with Gasteiger partial charge in [0, 0.05) is 11.4 Å². The van der Waals surface area contributed by atoms with Crippen LogP contribution in [0.5, 0.6) is 5.75 Å². The van der Waals surface area contributed by atoms with Crippen LogP contribution in [0.25, 0.3) is 0 Å². The third-order valence-corrected chi connectivity index (χ3v) is 6.05. The second-order valence-electron chi connectivity index (χ2n) is 8.17. The van der Waals surface area contributed by atoms with Gasteiger partial charge in [-0.05, 0) is 49.2 Å². The largest absolute Gasteiger partial charge is 0.497 e. The van der Waals surface area contributed by atoms with Crippen LogP contribution in [-0.2, 0) is 20.8 Å². The predicted molar refractivity (Wildman–Crippen MR) is 137 cm³/mol. The average Bonchev–Trinajstić information content (AvgIpc) is 3.55. The molecule has 0 saturated carbocycles. The molecule has 0 radical (unpaired) electrons. The number of carbonyl (C=O) groups excluding carboxylic acids is 3. The van der Waals surface area contributed by atoms with Crippen molar-refractivity contribution in [2.75, 3.05) is 20.3 Å². The molecule has 198 valence electrons. The first-order chi connectivity index (χ1) is 18.4. The Morgan fingerprint density at radius 2 is 1.63 bits per heavy atom. The first-order valence-corrected chi connectivity index (χ1v) is 12.3. The Morgan fingerprint density at radius 1 is 0.974 bits per heavy atom. The van der Waals surface area contributed by atoms with E-state index in [0.717, 1.165) is 15.8 Å². The fourth-order valence-electron chi connectivity index (χ4n) is 4.01. The summed E-state index contributed by atoms with van der Waals surface area (Å²) < 4.78 is 16.4. The highest BCUT2D eigenvalue weighted by Crippen LogP contribution is 2.34. The molecule has 4 rings (SSSR count). The number of hydrogen-bond donors (Lipinski definition) is 0. The number of hydrogen-bond acceptors (Lipinski definition) is 9. The maximum Gasteiger partial charge on any atom is 0.361 e. The van der Waals surface area contributed by atoms with Crippen LogP contribution in [0.3, 0.4) is 0 Å². The summed E-state index contributed by atoms with van der Waals surface area (Å²) in [4.78, 5) is 38.6. The number of benzene rings is 2. The number of esters is 2. The Hall–Kier alpha value is -4.25. The van der Waals surface area contributed by atoms with Crippen molar-refractivity contribution in [2.24, 2.45) is 5.10 Å². The van der Waals surface area contributed by atoms with E-state index in [1.54, 1.807) is 45.2 Å². The van der Waals surface area contributed by atoms with E-state index in [1.165, 1.54) is 5.01 Å². The zero-order valence-electron chi connectivity index (χ0n) is 21.1. The number of aromatic nitrogens is 3. The summed E-state index contributed by atoms with van der Waals surface area (Å²) in [7, 11) is 1.58. The van der Waals surface area contributed by atoms with Gasteiger partial charge < -0.3 is 14.2 Å². The molecule has 2 heterocycles. The van der Waals surface area contributed by atoms with E-state index >= 15 is 0 Å². The minimum atomic E-state index is -0.841. The number of ether oxygens (including phenoxy) is 3. The molecular formula is C26H26ClN5O6. The minimum Gasteiger partial charge on any atom is -0.497 e. The van der Waals surface area contributed by atoms with Gasteiger partial charge in [0.15, 0.2) is 5.69 Å². The highest BCUT2D eigenvalue weighted by atomic mass is 35.5. The summed E-state index contributed by atoms with van der Waals surface area (Å²) in [5.41, 5.74) is 1.76. The van der Waals surface area contributed by atoms with E-state index in [0.29, 0.717) is 22.9 Å². The molecular weight excluding hydrogens is 514 g/mol. The first kappa shape index (κ1) is 26.8. The van der Waals surface area contributed by atoms with E-state index in [4.69, 9.17) is 25.8 Å². The highest BCUT2D eigenvalue weighted by Gasteiger charge is 2.35. The fourth-order valence-corrected chi connectivity index (χ4v) is 4.13. The molecule has 1 aliphatic rings. The fraction of sp³-hybridized carbons (Fsp3) is 0.308. The molecule has 38 heavy (non-hydrogen) atoms. The monoisotopic (exact) mass is 539 g/mol. The van der Waals surface area contributed by atoms with Crippen LogP contribution in [0.1, 0.15) is 58.4 Å². The Labute approximate surface area is 223 Å². The maximum absolute atomic E-state index is 13.6. The normalized spacial score (nSPS) is 14.7. The third-order valence-electron chi connectivity index (χ3n) is 5.80. The Morgan fingerprint density at radius 3 is 2.26 bits per heavy atom. The highest BCUT2D eigenvalue weighted by molar-refractivity contribution is 6.30. The van der Waals surface area contributed by atoms with Gasteiger partial charge in [-0.15, -0.1) is 5.10 Å². The summed E-state index contributed by atoms with van der Waals surface area (Å²) in [6.07, 6.45) is 0.440. The van der Waals surface area contributed by atoms with Crippen molar-refractivity contribution >= 4 is 35.2 Å². The van der Waals surface area contributed by atoms with E-state index in [1.807, 2.05) is 24.3 Å². The topological polar surface area (TPSA) is 125 Å². The molecule has 0 unspecified atom stereocenters. The second-order valence-corrected chi connectivity index (χ2v) is 8.61. The quantitative estimate of drug-likeness (QED) is 0.377. The SMILES string of the molecule is CCOC(=O)c1nnn(CC(=O)N2N=C(c3ccc(Cl)cc3)C[C@H]2c2ccc(OC)cc2)c1C(=O)OCC. The molecule has 0 spiro atoms. The van der Waals surface area contributed by atoms with Gasteiger partial charge >= 0.3 is 11.9 Å². The summed E-state index contributed by atoms with van der Waals surface area (Å²) in [5, 5.41) is 14.2. The zero-order chi connectivity index (χ0) is 27.2. The molecule has 0 fully saturated rings. The molecule has 0 saturated heterocycles. The molecule has 3 aromatic rings. The third kappa shape index (κ3) is 5.67. The molecule has 12 heteroatoms. The molecule has 0 aliphatic carbocycles. The number of hydrazone groups is 1. The summed E-state index contributed by atoms with van der Waals surface area (Å²) >= 11 is 6.05. The van der Waals surface area contributed by atoms with Crippen LogP contribution in [0.2, 0.25) is 5.02 Å². The number of carbonyl (C=O) groups is 3. The number of rotatable bonds is 9. The van der Waals surface area contributed by atoms with Crippen molar-refractivity contribution in [1.29, 1.82) is 0 Å². The van der Waals surface area contributed by atoms with Crippen molar-refractivity contribution in [1.82, 2.24) is 20.0 Å². The van der Waals surface area contributed by atoms with Crippen molar-refractivity contribution in [3.8, 4) is 5.75 Å². The molecule has 1 amide bonds. The summed E-state index contributed by atoms with van der Waals surface area (Å²) in [6.45, 7) is 2.97. The maximum atomic E-state index is 13.6. The van der Waals surface area contributed by atoms with Crippen LogP contribution < -0.4 is 4.74 Å². The van der Waals surface area contributed by atoms with Gasteiger partial charge in [-0.2, -0.15) is 5.10 Å². The molecule has 0 N–H and O–H groups in total. The molecule has 1 atom stereocenters. The van der Waals surface area contributed by atoms with Crippen LogP contribution >= 0.6 is 11.6 Å². The van der Waals surface area contributed by atoms with E-state index in [-0.39, 0.29) is 24.6 Å². The smallest absolute Gasteiger partial charge is 0.361 e. The number of nitrogens with zero attached hydrogens (tertiary/aromatic N) is 5. The lowest BCUT2D eigenvalue weighted by Gasteiger charge is -2.22. The lowest BCUT2D eigenvalue weighted by molar-refractivity contribution is -0.133. The van der Waals surface area contributed by atoms with Gasteiger partial charge in [-0.1, -0.05) is 41.1 Å². The Balaban J connectivity index is 1.68. The van der Waals surface area contributed by atoms with E-state index < -0.39 is 30.4 Å². The second kappa shape index (κ2) is 11.9. The Kier molecular flexibility index (Phi) is 8.37. The van der Waals surface area contributed by atoms with Crippen molar-refractivity contribution < 1.29 is 28.6 Å². The molecule has 2 aromatic carbocycles. The van der Waals surface area contributed by atoms with Crippen molar-refractivity contribution in [3.05, 3.63) is 76.1 Å². The van der Waals surface area contributed by atoms with Crippen LogP contribution in [-0.4, -0.2) is 63.9 Å². The van der Waals surface area contributed by atoms with Gasteiger partial charge in [0.05, 0.1) is 32.1 Å². The molecule has 1 aliphatic heterocycles. The number of halogens is 1.